The first-order valence-corrected chi connectivity index (χ1v) is 9.10. The molecule has 3 aliphatic rings. The number of hydrogen-bond donors (Lipinski definition) is 1. The van der Waals surface area contributed by atoms with Gasteiger partial charge in [0.2, 0.25) is 0 Å². The highest BCUT2D eigenvalue weighted by atomic mass is 16.5. The summed E-state index contributed by atoms with van der Waals surface area (Å²) in [5.74, 6) is 3.18. The van der Waals surface area contributed by atoms with Crippen LogP contribution in [0, 0.1) is 5.92 Å². The van der Waals surface area contributed by atoms with Gasteiger partial charge in [0.05, 0.1) is 24.6 Å². The van der Waals surface area contributed by atoms with Crippen molar-refractivity contribution in [3.8, 4) is 0 Å². The van der Waals surface area contributed by atoms with Gasteiger partial charge in [-0.15, -0.1) is 5.10 Å². The third-order valence-electron chi connectivity index (χ3n) is 5.27. The predicted molar refractivity (Wildman–Crippen MR) is 93.6 cm³/mol. The van der Waals surface area contributed by atoms with Crippen molar-refractivity contribution in [2.45, 2.75) is 31.8 Å². The van der Waals surface area contributed by atoms with Gasteiger partial charge in [0.1, 0.15) is 12.1 Å². The fraction of sp³-hybridized carbons (Fsp3) is 0.556. The number of hydrogen-bond acceptors (Lipinski definition) is 7. The molecule has 0 amide bonds. The molecule has 1 saturated carbocycles. The van der Waals surface area contributed by atoms with Crippen LogP contribution in [0.15, 0.2) is 18.5 Å². The second kappa shape index (κ2) is 6.22. The van der Waals surface area contributed by atoms with E-state index in [1.165, 1.54) is 12.8 Å². The Balaban J connectivity index is 1.15. The molecule has 130 valence electrons. The molecule has 0 atom stereocenters. The van der Waals surface area contributed by atoms with E-state index in [0.29, 0.717) is 18.4 Å². The first-order valence-electron chi connectivity index (χ1n) is 9.10. The first kappa shape index (κ1) is 15.0. The maximum Gasteiger partial charge on any atom is 0.151 e. The van der Waals surface area contributed by atoms with Crippen LogP contribution in [0.4, 0.5) is 11.6 Å². The standard InChI is InChI=1S/C18H22N6O/c1-2-13(1)15-3-4-17(23-22-15)24-8-12(9-24)7-19-18-14-10-25-6-5-16(14)20-11-21-18/h3-4,11-13H,1-2,5-10H2,(H,19,20,21). The van der Waals surface area contributed by atoms with Crippen molar-refractivity contribution in [2.24, 2.45) is 5.92 Å². The summed E-state index contributed by atoms with van der Waals surface area (Å²) in [4.78, 5) is 11.0. The highest BCUT2D eigenvalue weighted by molar-refractivity contribution is 5.47. The Labute approximate surface area is 146 Å². The molecule has 2 fully saturated rings. The second-order valence-electron chi connectivity index (χ2n) is 7.19. The number of fused-ring (bicyclic) bond motifs is 1. The minimum atomic E-state index is 0.597. The summed E-state index contributed by atoms with van der Waals surface area (Å²) < 4.78 is 5.55. The normalized spacial score (nSPS) is 20.1. The van der Waals surface area contributed by atoms with E-state index in [1.807, 2.05) is 0 Å². The van der Waals surface area contributed by atoms with Crippen molar-refractivity contribution in [1.29, 1.82) is 0 Å². The average Bonchev–Trinajstić information content (AvgIpc) is 3.46. The van der Waals surface area contributed by atoms with Gasteiger partial charge in [-0.3, -0.25) is 0 Å². The van der Waals surface area contributed by atoms with Crippen LogP contribution in [0.1, 0.15) is 35.7 Å². The molecular weight excluding hydrogens is 316 g/mol. The Morgan fingerprint density at radius 3 is 2.88 bits per heavy atom. The Bertz CT molecular complexity index is 755. The Morgan fingerprint density at radius 1 is 1.16 bits per heavy atom. The minimum absolute atomic E-state index is 0.597. The molecule has 25 heavy (non-hydrogen) atoms. The van der Waals surface area contributed by atoms with Gasteiger partial charge in [-0.1, -0.05) is 0 Å². The van der Waals surface area contributed by atoms with Crippen LogP contribution in [-0.2, 0) is 17.8 Å². The third kappa shape index (κ3) is 3.04. The van der Waals surface area contributed by atoms with Crippen LogP contribution in [-0.4, -0.2) is 46.4 Å². The minimum Gasteiger partial charge on any atom is -0.376 e. The second-order valence-corrected chi connectivity index (χ2v) is 7.19. The Hall–Kier alpha value is -2.28. The quantitative estimate of drug-likeness (QED) is 0.890. The predicted octanol–water partition coefficient (Wildman–Crippen LogP) is 1.76. The lowest BCUT2D eigenvalue weighted by molar-refractivity contribution is 0.109. The van der Waals surface area contributed by atoms with Crippen molar-refractivity contribution in [3.63, 3.8) is 0 Å². The highest BCUT2D eigenvalue weighted by Crippen LogP contribution is 2.39. The molecular formula is C18H22N6O. The monoisotopic (exact) mass is 338 g/mol. The zero-order valence-electron chi connectivity index (χ0n) is 14.2. The smallest absolute Gasteiger partial charge is 0.151 e. The van der Waals surface area contributed by atoms with E-state index in [-0.39, 0.29) is 0 Å². The van der Waals surface area contributed by atoms with E-state index < -0.39 is 0 Å². The summed E-state index contributed by atoms with van der Waals surface area (Å²) in [5, 5.41) is 12.2. The zero-order chi connectivity index (χ0) is 16.6. The van der Waals surface area contributed by atoms with Gasteiger partial charge in [-0.05, 0) is 25.0 Å². The van der Waals surface area contributed by atoms with Crippen molar-refractivity contribution in [1.82, 2.24) is 20.2 Å². The molecule has 0 radical (unpaired) electrons. The van der Waals surface area contributed by atoms with Crippen LogP contribution in [0.5, 0.6) is 0 Å². The van der Waals surface area contributed by atoms with Crippen LogP contribution >= 0.6 is 0 Å². The Kier molecular flexibility index (Phi) is 3.73. The molecule has 0 bridgehead atoms. The van der Waals surface area contributed by atoms with Gasteiger partial charge in [0, 0.05) is 43.5 Å². The molecule has 7 heteroatoms. The molecule has 1 aliphatic carbocycles. The van der Waals surface area contributed by atoms with Gasteiger partial charge in [-0.2, -0.15) is 5.10 Å². The average molecular weight is 338 g/mol. The lowest BCUT2D eigenvalue weighted by atomic mass is 10.00. The number of rotatable bonds is 5. The maximum absolute atomic E-state index is 5.55. The largest absolute Gasteiger partial charge is 0.376 e. The molecule has 2 aromatic rings. The number of ether oxygens (including phenoxy) is 1. The summed E-state index contributed by atoms with van der Waals surface area (Å²) in [6, 6.07) is 4.25. The van der Waals surface area contributed by atoms with E-state index >= 15 is 0 Å². The Morgan fingerprint density at radius 2 is 2.08 bits per heavy atom. The summed E-state index contributed by atoms with van der Waals surface area (Å²) >= 11 is 0. The molecule has 1 saturated heterocycles. The van der Waals surface area contributed by atoms with Crippen molar-refractivity contribution < 1.29 is 4.74 Å². The van der Waals surface area contributed by atoms with Crippen molar-refractivity contribution in [2.75, 3.05) is 36.5 Å². The number of aromatic nitrogens is 4. The summed E-state index contributed by atoms with van der Waals surface area (Å²) in [6.45, 7) is 4.29. The topological polar surface area (TPSA) is 76.1 Å². The fourth-order valence-corrected chi connectivity index (χ4v) is 3.54. The summed E-state index contributed by atoms with van der Waals surface area (Å²) in [6.07, 6.45) is 5.06. The number of nitrogens with one attached hydrogen (secondary N) is 1. The molecule has 4 heterocycles. The molecule has 5 rings (SSSR count). The van der Waals surface area contributed by atoms with Crippen LogP contribution in [0.25, 0.3) is 0 Å². The SMILES string of the molecule is c1nc2c(c(NCC3CN(c4ccc(C5CC5)nn4)C3)n1)COCC2. The summed E-state index contributed by atoms with van der Waals surface area (Å²) in [7, 11) is 0. The maximum atomic E-state index is 5.55. The lowest BCUT2D eigenvalue weighted by Crippen LogP contribution is -2.50. The van der Waals surface area contributed by atoms with Gasteiger partial charge in [-0.25, -0.2) is 9.97 Å². The van der Waals surface area contributed by atoms with Gasteiger partial charge >= 0.3 is 0 Å². The van der Waals surface area contributed by atoms with Crippen molar-refractivity contribution in [3.05, 3.63) is 35.4 Å². The van der Waals surface area contributed by atoms with E-state index in [2.05, 4.69) is 42.5 Å². The summed E-state index contributed by atoms with van der Waals surface area (Å²) in [5.41, 5.74) is 3.38. The molecule has 1 N–H and O–H groups in total. The molecule has 7 nitrogen and oxygen atoms in total. The zero-order valence-corrected chi connectivity index (χ0v) is 14.2. The highest BCUT2D eigenvalue weighted by Gasteiger charge is 2.30. The van der Waals surface area contributed by atoms with Crippen LogP contribution < -0.4 is 10.2 Å². The van der Waals surface area contributed by atoms with Gasteiger partial charge < -0.3 is 15.0 Å². The fourth-order valence-electron chi connectivity index (χ4n) is 3.54. The number of anilines is 2. The van der Waals surface area contributed by atoms with Crippen LogP contribution in [0.2, 0.25) is 0 Å². The molecule has 2 aromatic heterocycles. The molecule has 0 unspecified atom stereocenters. The molecule has 0 spiro atoms. The van der Waals surface area contributed by atoms with E-state index in [4.69, 9.17) is 4.74 Å². The van der Waals surface area contributed by atoms with Gasteiger partial charge in [0.25, 0.3) is 0 Å². The van der Waals surface area contributed by atoms with Crippen LogP contribution in [0.3, 0.4) is 0 Å². The van der Waals surface area contributed by atoms with E-state index in [9.17, 15) is 0 Å². The number of nitrogens with zero attached hydrogens (tertiary/aromatic N) is 5. The molecule has 2 aliphatic heterocycles. The van der Waals surface area contributed by atoms with Crippen molar-refractivity contribution >= 4 is 11.6 Å². The van der Waals surface area contributed by atoms with Gasteiger partial charge in [0.15, 0.2) is 5.82 Å². The van der Waals surface area contributed by atoms with E-state index in [1.54, 1.807) is 6.33 Å². The van der Waals surface area contributed by atoms with E-state index in [0.717, 1.165) is 61.2 Å². The third-order valence-corrected chi connectivity index (χ3v) is 5.27. The lowest BCUT2D eigenvalue weighted by Gasteiger charge is -2.40. The first-order chi connectivity index (χ1) is 12.4. The molecule has 0 aromatic carbocycles.